The van der Waals surface area contributed by atoms with Crippen LogP contribution in [0.15, 0.2) is 23.7 Å². The van der Waals surface area contributed by atoms with Gasteiger partial charge in [-0.05, 0) is 50.0 Å². The molecule has 1 fully saturated rings. The minimum atomic E-state index is 0.579. The summed E-state index contributed by atoms with van der Waals surface area (Å²) in [6.45, 7) is 2.89. The number of pyridine rings is 1. The number of hydrogen-bond donors (Lipinski definition) is 2. The van der Waals surface area contributed by atoms with E-state index in [-0.39, 0.29) is 0 Å². The highest BCUT2D eigenvalue weighted by Gasteiger charge is 2.20. The standard InChI is InChI=1S/C16H16N6S2/c1-9-8-24-15(19-9)12-7-17-11-4-5-13(21-14(11)20-12)22-16(23)18-6-10-2-3-10/h4-5,7-8,10H,2-3,6H2,1H3,(H2,18,20,21,22,23). The molecule has 24 heavy (non-hydrogen) atoms. The Bertz CT molecular complexity index is 902. The summed E-state index contributed by atoms with van der Waals surface area (Å²) in [7, 11) is 0. The molecule has 2 N–H and O–H groups in total. The summed E-state index contributed by atoms with van der Waals surface area (Å²) < 4.78 is 0. The summed E-state index contributed by atoms with van der Waals surface area (Å²) in [6, 6.07) is 3.74. The fourth-order valence-corrected chi connectivity index (χ4v) is 3.20. The first kappa shape index (κ1) is 15.3. The fourth-order valence-electron chi connectivity index (χ4n) is 2.26. The number of hydrogen-bond acceptors (Lipinski definition) is 6. The Kier molecular flexibility index (Phi) is 4.07. The van der Waals surface area contributed by atoms with E-state index in [0.717, 1.165) is 34.4 Å². The first-order chi connectivity index (χ1) is 11.7. The van der Waals surface area contributed by atoms with Crippen molar-refractivity contribution in [3.63, 3.8) is 0 Å². The second-order valence-corrected chi connectivity index (χ2v) is 7.13. The van der Waals surface area contributed by atoms with E-state index in [9.17, 15) is 0 Å². The summed E-state index contributed by atoms with van der Waals surface area (Å²) in [5, 5.41) is 9.76. The maximum atomic E-state index is 5.30. The normalized spacial score (nSPS) is 13.9. The van der Waals surface area contributed by atoms with Gasteiger partial charge in [0, 0.05) is 17.6 Å². The smallest absolute Gasteiger partial charge is 0.180 e. The number of aryl methyl sites for hydroxylation is 1. The van der Waals surface area contributed by atoms with Crippen LogP contribution in [0.2, 0.25) is 0 Å². The fraction of sp³-hybridized carbons (Fsp3) is 0.312. The highest BCUT2D eigenvalue weighted by Crippen LogP contribution is 2.27. The molecule has 3 aromatic heterocycles. The molecule has 0 radical (unpaired) electrons. The number of fused-ring (bicyclic) bond motifs is 1. The van der Waals surface area contributed by atoms with Crippen LogP contribution in [0.3, 0.4) is 0 Å². The van der Waals surface area contributed by atoms with Crippen LogP contribution < -0.4 is 10.6 Å². The molecule has 0 spiro atoms. The Morgan fingerprint density at radius 2 is 2.17 bits per heavy atom. The molecule has 3 aromatic rings. The van der Waals surface area contributed by atoms with Gasteiger partial charge in [-0.1, -0.05) is 0 Å². The van der Waals surface area contributed by atoms with Gasteiger partial charge in [0.15, 0.2) is 10.8 Å². The van der Waals surface area contributed by atoms with Crippen molar-refractivity contribution in [2.45, 2.75) is 19.8 Å². The summed E-state index contributed by atoms with van der Waals surface area (Å²) in [5.74, 6) is 1.43. The van der Waals surface area contributed by atoms with Crippen LogP contribution in [0.5, 0.6) is 0 Å². The predicted molar refractivity (Wildman–Crippen MR) is 100 cm³/mol. The molecular formula is C16H16N6S2. The minimum absolute atomic E-state index is 0.579. The molecule has 0 saturated heterocycles. The molecule has 0 atom stereocenters. The van der Waals surface area contributed by atoms with Crippen molar-refractivity contribution < 1.29 is 0 Å². The first-order valence-corrected chi connectivity index (χ1v) is 9.07. The summed E-state index contributed by atoms with van der Waals surface area (Å²) in [4.78, 5) is 18.0. The Morgan fingerprint density at radius 1 is 1.29 bits per heavy atom. The minimum Gasteiger partial charge on any atom is -0.362 e. The van der Waals surface area contributed by atoms with Crippen LogP contribution in [-0.2, 0) is 0 Å². The van der Waals surface area contributed by atoms with Crippen molar-refractivity contribution in [3.05, 3.63) is 29.4 Å². The van der Waals surface area contributed by atoms with Crippen molar-refractivity contribution in [1.29, 1.82) is 0 Å². The van der Waals surface area contributed by atoms with E-state index >= 15 is 0 Å². The van der Waals surface area contributed by atoms with Crippen molar-refractivity contribution in [1.82, 2.24) is 25.3 Å². The van der Waals surface area contributed by atoms with Crippen LogP contribution >= 0.6 is 23.6 Å². The Hall–Kier alpha value is -2.19. The number of rotatable bonds is 4. The lowest BCUT2D eigenvalue weighted by molar-refractivity contribution is 0.777. The Labute approximate surface area is 148 Å². The maximum Gasteiger partial charge on any atom is 0.180 e. The van der Waals surface area contributed by atoms with Gasteiger partial charge in [0.2, 0.25) is 0 Å². The Morgan fingerprint density at radius 3 is 2.92 bits per heavy atom. The molecule has 0 amide bonds. The highest BCUT2D eigenvalue weighted by molar-refractivity contribution is 7.80. The SMILES string of the molecule is Cc1csc(-c2cnc3ccc(NC(=S)NCC4CC4)nc3n2)n1. The third kappa shape index (κ3) is 3.49. The van der Waals surface area contributed by atoms with Crippen LogP contribution in [0.1, 0.15) is 18.5 Å². The molecule has 0 aromatic carbocycles. The zero-order valence-electron chi connectivity index (χ0n) is 13.1. The van der Waals surface area contributed by atoms with Gasteiger partial charge < -0.3 is 10.6 Å². The van der Waals surface area contributed by atoms with Crippen molar-refractivity contribution >= 4 is 45.6 Å². The molecule has 4 rings (SSSR count). The van der Waals surface area contributed by atoms with Crippen LogP contribution in [0, 0.1) is 12.8 Å². The summed E-state index contributed by atoms with van der Waals surface area (Å²) in [5.41, 5.74) is 3.04. The van der Waals surface area contributed by atoms with Crippen molar-refractivity contribution in [2.24, 2.45) is 5.92 Å². The number of anilines is 1. The molecule has 0 unspecified atom stereocenters. The lowest BCUT2D eigenvalue weighted by Gasteiger charge is -2.09. The number of aromatic nitrogens is 4. The third-order valence-corrected chi connectivity index (χ3v) is 4.96. The molecule has 8 heteroatoms. The number of nitrogens with one attached hydrogen (secondary N) is 2. The quantitative estimate of drug-likeness (QED) is 0.696. The van der Waals surface area contributed by atoms with Gasteiger partial charge in [-0.25, -0.2) is 15.0 Å². The molecule has 6 nitrogen and oxygen atoms in total. The van der Waals surface area contributed by atoms with Gasteiger partial charge in [-0.3, -0.25) is 4.98 Å². The number of thiazole rings is 1. The molecule has 1 aliphatic carbocycles. The van der Waals surface area contributed by atoms with Crippen LogP contribution in [0.4, 0.5) is 5.82 Å². The van der Waals surface area contributed by atoms with E-state index in [4.69, 9.17) is 12.2 Å². The van der Waals surface area contributed by atoms with Crippen LogP contribution in [0.25, 0.3) is 21.9 Å². The molecule has 0 aliphatic heterocycles. The van der Waals surface area contributed by atoms with Gasteiger partial charge in [0.25, 0.3) is 0 Å². The van der Waals surface area contributed by atoms with Crippen molar-refractivity contribution in [2.75, 3.05) is 11.9 Å². The van der Waals surface area contributed by atoms with Crippen LogP contribution in [-0.4, -0.2) is 31.6 Å². The topological polar surface area (TPSA) is 75.6 Å². The molecular weight excluding hydrogens is 340 g/mol. The predicted octanol–water partition coefficient (Wildman–Crippen LogP) is 3.15. The van der Waals surface area contributed by atoms with Gasteiger partial charge in [-0.15, -0.1) is 11.3 Å². The highest BCUT2D eigenvalue weighted by atomic mass is 32.1. The van der Waals surface area contributed by atoms with Gasteiger partial charge in [0.1, 0.15) is 22.0 Å². The lowest BCUT2D eigenvalue weighted by Crippen LogP contribution is -2.30. The van der Waals surface area contributed by atoms with E-state index in [2.05, 4.69) is 30.6 Å². The average molecular weight is 356 g/mol. The maximum absolute atomic E-state index is 5.30. The molecule has 122 valence electrons. The van der Waals surface area contributed by atoms with E-state index < -0.39 is 0 Å². The second kappa shape index (κ2) is 6.37. The first-order valence-electron chi connectivity index (χ1n) is 7.78. The summed E-state index contributed by atoms with van der Waals surface area (Å²) in [6.07, 6.45) is 4.31. The van der Waals surface area contributed by atoms with E-state index in [1.54, 1.807) is 17.5 Å². The zero-order chi connectivity index (χ0) is 16.5. The largest absolute Gasteiger partial charge is 0.362 e. The van der Waals surface area contributed by atoms with E-state index in [1.807, 2.05) is 24.4 Å². The third-order valence-electron chi connectivity index (χ3n) is 3.73. The summed E-state index contributed by atoms with van der Waals surface area (Å²) >= 11 is 6.86. The molecule has 3 heterocycles. The number of thiocarbonyl (C=S) groups is 1. The monoisotopic (exact) mass is 356 g/mol. The second-order valence-electron chi connectivity index (χ2n) is 5.87. The molecule has 1 saturated carbocycles. The van der Waals surface area contributed by atoms with Gasteiger partial charge in [-0.2, -0.15) is 0 Å². The molecule has 1 aliphatic rings. The van der Waals surface area contributed by atoms with Gasteiger partial charge >= 0.3 is 0 Å². The van der Waals surface area contributed by atoms with E-state index in [1.165, 1.54) is 12.8 Å². The Balaban J connectivity index is 1.55. The van der Waals surface area contributed by atoms with Gasteiger partial charge in [0.05, 0.1) is 6.20 Å². The average Bonchev–Trinajstić information content (AvgIpc) is 3.32. The lowest BCUT2D eigenvalue weighted by atomic mass is 10.3. The zero-order valence-corrected chi connectivity index (χ0v) is 14.7. The number of nitrogens with zero attached hydrogens (tertiary/aromatic N) is 4. The van der Waals surface area contributed by atoms with E-state index in [0.29, 0.717) is 16.6 Å². The van der Waals surface area contributed by atoms with Crippen molar-refractivity contribution in [3.8, 4) is 10.7 Å². The molecule has 0 bridgehead atoms.